The predicted molar refractivity (Wildman–Crippen MR) is 282 cm³/mol. The SMILES string of the molecule is CCCCCCCCCCCCCCCC(=O)N[C@@H](CSC[C@@H](COC(=O)CCCCCCCCCCC)OC(=O)CCCCCCCCCCC)C(=O)NCCOCCOCCOCCC(=O)O. The number of nitrogens with one attached hydrogen (secondary N) is 2. The molecule has 14 heteroatoms. The van der Waals surface area contributed by atoms with E-state index in [9.17, 15) is 24.0 Å². The molecule has 0 aliphatic heterocycles. The largest absolute Gasteiger partial charge is 0.481 e. The van der Waals surface area contributed by atoms with E-state index in [1.807, 2.05) is 0 Å². The number of carbonyl (C=O) groups is 5. The fourth-order valence-electron chi connectivity index (χ4n) is 7.92. The maximum absolute atomic E-state index is 13.5. The van der Waals surface area contributed by atoms with Crippen LogP contribution in [0.1, 0.15) is 245 Å². The number of thioether (sulfide) groups is 1. The molecular formula is C55H104N2O11S. The molecule has 0 aromatic heterocycles. The van der Waals surface area contributed by atoms with Crippen LogP contribution in [0.15, 0.2) is 0 Å². The van der Waals surface area contributed by atoms with E-state index >= 15 is 0 Å². The zero-order chi connectivity index (χ0) is 50.5. The van der Waals surface area contributed by atoms with E-state index in [4.69, 9.17) is 28.8 Å². The molecule has 0 aliphatic rings. The van der Waals surface area contributed by atoms with Crippen molar-refractivity contribution in [1.29, 1.82) is 0 Å². The molecule has 0 aromatic carbocycles. The molecule has 0 fully saturated rings. The molecule has 0 heterocycles. The van der Waals surface area contributed by atoms with Crippen LogP contribution in [0, 0.1) is 0 Å². The van der Waals surface area contributed by atoms with Gasteiger partial charge in [-0.05, 0) is 19.3 Å². The van der Waals surface area contributed by atoms with Crippen LogP contribution < -0.4 is 10.6 Å². The number of rotatable bonds is 55. The summed E-state index contributed by atoms with van der Waals surface area (Å²) < 4.78 is 27.8. The Morgan fingerprint density at radius 3 is 1.29 bits per heavy atom. The maximum Gasteiger partial charge on any atom is 0.306 e. The molecule has 0 aliphatic carbocycles. The van der Waals surface area contributed by atoms with Crippen molar-refractivity contribution in [3.63, 3.8) is 0 Å². The van der Waals surface area contributed by atoms with Gasteiger partial charge >= 0.3 is 17.9 Å². The molecule has 406 valence electrons. The van der Waals surface area contributed by atoms with Crippen LogP contribution in [0.4, 0.5) is 0 Å². The lowest BCUT2D eigenvalue weighted by Crippen LogP contribution is -2.49. The molecule has 69 heavy (non-hydrogen) atoms. The number of hydrogen-bond acceptors (Lipinski definition) is 11. The van der Waals surface area contributed by atoms with Gasteiger partial charge in [-0.1, -0.05) is 201 Å². The molecule has 0 bridgehead atoms. The van der Waals surface area contributed by atoms with Gasteiger partial charge in [-0.2, -0.15) is 11.8 Å². The quantitative estimate of drug-likeness (QED) is 0.0389. The van der Waals surface area contributed by atoms with Gasteiger partial charge in [0.05, 0.1) is 46.1 Å². The molecular weight excluding hydrogens is 897 g/mol. The molecule has 2 amide bonds. The topological polar surface area (TPSA) is 176 Å². The Balaban J connectivity index is 5.18. The van der Waals surface area contributed by atoms with E-state index in [2.05, 4.69) is 31.4 Å². The Morgan fingerprint density at radius 2 is 0.841 bits per heavy atom. The van der Waals surface area contributed by atoms with E-state index in [0.29, 0.717) is 51.4 Å². The summed E-state index contributed by atoms with van der Waals surface area (Å²) in [7, 11) is 0. The summed E-state index contributed by atoms with van der Waals surface area (Å²) in [6.07, 6.45) is 36.8. The molecule has 2 atom stereocenters. The van der Waals surface area contributed by atoms with Crippen molar-refractivity contribution in [3.8, 4) is 0 Å². The molecule has 3 N–H and O–H groups in total. The summed E-state index contributed by atoms with van der Waals surface area (Å²) in [5, 5.41) is 14.5. The number of carbonyl (C=O) groups excluding carboxylic acids is 4. The van der Waals surface area contributed by atoms with Crippen LogP contribution >= 0.6 is 11.8 Å². The van der Waals surface area contributed by atoms with Crippen LogP contribution in [0.25, 0.3) is 0 Å². The molecule has 0 spiro atoms. The van der Waals surface area contributed by atoms with Crippen molar-refractivity contribution in [3.05, 3.63) is 0 Å². The van der Waals surface area contributed by atoms with Crippen molar-refractivity contribution in [2.75, 3.05) is 64.3 Å². The summed E-state index contributed by atoms with van der Waals surface area (Å²) in [4.78, 5) is 63.1. The minimum atomic E-state index is -0.908. The highest BCUT2D eigenvalue weighted by Crippen LogP contribution is 2.17. The van der Waals surface area contributed by atoms with Gasteiger partial charge in [0.25, 0.3) is 0 Å². The molecule has 0 rings (SSSR count). The van der Waals surface area contributed by atoms with Crippen molar-refractivity contribution >= 4 is 41.5 Å². The van der Waals surface area contributed by atoms with Crippen molar-refractivity contribution in [1.82, 2.24) is 10.6 Å². The number of carboxylic acid groups (broad SMARTS) is 1. The second kappa shape index (κ2) is 53.4. The second-order valence-electron chi connectivity index (χ2n) is 18.9. The Morgan fingerprint density at radius 1 is 0.449 bits per heavy atom. The number of esters is 2. The van der Waals surface area contributed by atoms with Crippen molar-refractivity contribution in [2.24, 2.45) is 0 Å². The first-order valence-corrected chi connectivity index (χ1v) is 29.3. The third-order valence-corrected chi connectivity index (χ3v) is 13.4. The van der Waals surface area contributed by atoms with Gasteiger partial charge in [0.2, 0.25) is 11.8 Å². The molecule has 0 saturated carbocycles. The summed E-state index contributed by atoms with van der Waals surface area (Å²) in [6, 6.07) is -0.818. The Bertz CT molecular complexity index is 1200. The highest BCUT2D eigenvalue weighted by molar-refractivity contribution is 7.99. The highest BCUT2D eigenvalue weighted by Gasteiger charge is 2.23. The van der Waals surface area contributed by atoms with E-state index in [1.54, 1.807) is 0 Å². The average molecular weight is 1000 g/mol. The summed E-state index contributed by atoms with van der Waals surface area (Å²) >= 11 is 1.39. The van der Waals surface area contributed by atoms with Crippen LogP contribution in [-0.4, -0.2) is 111 Å². The third-order valence-electron chi connectivity index (χ3n) is 12.2. The average Bonchev–Trinajstić information content (AvgIpc) is 3.33. The lowest BCUT2D eigenvalue weighted by atomic mass is 10.0. The first-order valence-electron chi connectivity index (χ1n) is 28.2. The van der Waals surface area contributed by atoms with Gasteiger partial charge in [0.1, 0.15) is 18.8 Å². The number of hydrogen-bond donors (Lipinski definition) is 3. The van der Waals surface area contributed by atoms with Gasteiger partial charge in [0.15, 0.2) is 0 Å². The first kappa shape index (κ1) is 66.6. The Kier molecular flexibility index (Phi) is 51.5. The summed E-state index contributed by atoms with van der Waals surface area (Å²) in [6.45, 7) is 8.51. The molecule has 13 nitrogen and oxygen atoms in total. The fourth-order valence-corrected chi connectivity index (χ4v) is 8.95. The lowest BCUT2D eigenvalue weighted by molar-refractivity contribution is -0.157. The fraction of sp³-hybridized carbons (Fsp3) is 0.909. The molecule has 0 radical (unpaired) electrons. The predicted octanol–water partition coefficient (Wildman–Crippen LogP) is 12.6. The number of ether oxygens (including phenoxy) is 5. The molecule has 0 saturated heterocycles. The Hall–Kier alpha value is -2.42. The molecule has 0 unspecified atom stereocenters. The molecule has 0 aromatic rings. The van der Waals surface area contributed by atoms with Gasteiger partial charge < -0.3 is 39.4 Å². The number of unbranched alkanes of at least 4 members (excludes halogenated alkanes) is 28. The van der Waals surface area contributed by atoms with Gasteiger partial charge in [0, 0.05) is 37.3 Å². The summed E-state index contributed by atoms with van der Waals surface area (Å²) in [5.74, 6) is -1.46. The number of carboxylic acids is 1. The minimum absolute atomic E-state index is 0.0478. The van der Waals surface area contributed by atoms with Gasteiger partial charge in [-0.25, -0.2) is 0 Å². The zero-order valence-corrected chi connectivity index (χ0v) is 45.2. The standard InChI is InChI=1S/C55H104N2O11S/c1-4-7-10-13-16-19-20-21-22-25-26-29-32-35-51(58)57-50(55(63)56-39-41-65-43-45-66-44-42-64-40-38-52(59)60)48-69-47-49(68-54(62)37-34-31-28-24-18-15-12-9-6-3)46-67-53(61)36-33-30-27-23-17-14-11-8-5-2/h49-50H,4-48H2,1-3H3,(H,56,63)(H,57,58)(H,59,60)/t49-,50+/m1/s1. The van der Waals surface area contributed by atoms with E-state index in [0.717, 1.165) is 57.8 Å². The summed E-state index contributed by atoms with van der Waals surface area (Å²) in [5.41, 5.74) is 0. The van der Waals surface area contributed by atoms with E-state index in [-0.39, 0.29) is 62.3 Å². The third kappa shape index (κ3) is 50.3. The zero-order valence-electron chi connectivity index (χ0n) is 44.4. The van der Waals surface area contributed by atoms with Crippen LogP contribution in [0.2, 0.25) is 0 Å². The smallest absolute Gasteiger partial charge is 0.306 e. The van der Waals surface area contributed by atoms with Gasteiger partial charge in [-0.15, -0.1) is 0 Å². The van der Waals surface area contributed by atoms with Crippen molar-refractivity contribution < 1.29 is 52.8 Å². The minimum Gasteiger partial charge on any atom is -0.481 e. The van der Waals surface area contributed by atoms with Crippen LogP contribution in [-0.2, 0) is 47.7 Å². The lowest BCUT2D eigenvalue weighted by Gasteiger charge is -2.21. The van der Waals surface area contributed by atoms with Gasteiger partial charge in [-0.3, -0.25) is 24.0 Å². The monoisotopic (exact) mass is 1000 g/mol. The van der Waals surface area contributed by atoms with E-state index < -0.39 is 18.1 Å². The normalized spacial score (nSPS) is 12.2. The second-order valence-corrected chi connectivity index (χ2v) is 19.9. The van der Waals surface area contributed by atoms with E-state index in [1.165, 1.54) is 153 Å². The van der Waals surface area contributed by atoms with Crippen molar-refractivity contribution in [2.45, 2.75) is 258 Å². The first-order chi connectivity index (χ1) is 33.7. The number of aliphatic carboxylic acids is 1. The van der Waals surface area contributed by atoms with Crippen LogP contribution in [0.3, 0.4) is 0 Å². The maximum atomic E-state index is 13.5. The number of amides is 2. The Labute approximate surface area is 425 Å². The highest BCUT2D eigenvalue weighted by atomic mass is 32.2. The van der Waals surface area contributed by atoms with Crippen LogP contribution in [0.5, 0.6) is 0 Å².